The maximum absolute atomic E-state index is 2.43. The summed E-state index contributed by atoms with van der Waals surface area (Å²) in [4.78, 5) is 0. The lowest BCUT2D eigenvalue weighted by atomic mass is 9.83. The molecule has 0 atom stereocenters. The molecule has 1 saturated carbocycles. The highest BCUT2D eigenvalue weighted by Gasteiger charge is 2.19. The lowest BCUT2D eigenvalue weighted by molar-refractivity contribution is -0.667. The summed E-state index contributed by atoms with van der Waals surface area (Å²) in [6, 6.07) is 11.6. The fourth-order valence-corrected chi connectivity index (χ4v) is 3.82. The maximum Gasteiger partial charge on any atom is 0.212 e. The lowest BCUT2D eigenvalue weighted by Crippen LogP contribution is -2.35. The van der Waals surface area contributed by atoms with Crippen molar-refractivity contribution in [3.63, 3.8) is 0 Å². The van der Waals surface area contributed by atoms with Gasteiger partial charge < -0.3 is 0 Å². The summed E-state index contributed by atoms with van der Waals surface area (Å²) < 4.78 is 2.32. The van der Waals surface area contributed by atoms with Crippen LogP contribution in [0.25, 0.3) is 11.3 Å². The van der Waals surface area contributed by atoms with Gasteiger partial charge in [-0.3, -0.25) is 0 Å². The van der Waals surface area contributed by atoms with Crippen molar-refractivity contribution in [3.05, 3.63) is 52.7 Å². The molecule has 1 nitrogen and oxygen atoms in total. The van der Waals surface area contributed by atoms with Gasteiger partial charge in [0.1, 0.15) is 7.05 Å². The van der Waals surface area contributed by atoms with Crippen LogP contribution in [-0.4, -0.2) is 0 Å². The molecule has 1 aliphatic carbocycles. The summed E-state index contributed by atoms with van der Waals surface area (Å²) in [6.07, 6.45) is 6.97. The van der Waals surface area contributed by atoms with Gasteiger partial charge in [-0.05, 0) is 55.9 Å². The number of aromatic nitrogens is 1. The number of aryl methyl sites for hydroxylation is 2. The number of hydrogen-bond donors (Lipinski definition) is 0. The van der Waals surface area contributed by atoms with E-state index in [1.807, 2.05) is 0 Å². The number of pyridine rings is 1. The van der Waals surface area contributed by atoms with E-state index < -0.39 is 0 Å². The monoisotopic (exact) mass is 294 g/mol. The Kier molecular flexibility index (Phi) is 4.33. The number of benzene rings is 1. The van der Waals surface area contributed by atoms with E-state index in [-0.39, 0.29) is 0 Å². The van der Waals surface area contributed by atoms with E-state index in [0.29, 0.717) is 0 Å². The Morgan fingerprint density at radius 2 is 1.59 bits per heavy atom. The number of rotatable bonds is 2. The van der Waals surface area contributed by atoms with E-state index in [1.165, 1.54) is 60.2 Å². The fourth-order valence-electron chi connectivity index (χ4n) is 3.82. The van der Waals surface area contributed by atoms with Gasteiger partial charge in [0.25, 0.3) is 0 Å². The molecule has 22 heavy (non-hydrogen) atoms. The smallest absolute Gasteiger partial charge is 0.198 e. The zero-order valence-electron chi connectivity index (χ0n) is 14.4. The molecule has 3 rings (SSSR count). The van der Waals surface area contributed by atoms with Crippen LogP contribution in [0.3, 0.4) is 0 Å². The Balaban J connectivity index is 1.97. The molecule has 1 heteroatoms. The van der Waals surface area contributed by atoms with Crippen molar-refractivity contribution in [3.8, 4) is 11.3 Å². The molecule has 0 unspecified atom stereocenters. The predicted molar refractivity (Wildman–Crippen MR) is 93.1 cm³/mol. The first-order chi connectivity index (χ1) is 10.6. The number of hydrogen-bond acceptors (Lipinski definition) is 0. The lowest BCUT2D eigenvalue weighted by Gasteiger charge is -2.22. The second kappa shape index (κ2) is 6.24. The largest absolute Gasteiger partial charge is 0.212 e. The molecule has 1 aliphatic rings. The zero-order chi connectivity index (χ0) is 15.7. The molecule has 2 aromatic rings. The van der Waals surface area contributed by atoms with Gasteiger partial charge in [0, 0.05) is 24.1 Å². The van der Waals surface area contributed by atoms with Gasteiger partial charge in [0.15, 0.2) is 5.69 Å². The third kappa shape index (κ3) is 2.82. The summed E-state index contributed by atoms with van der Waals surface area (Å²) in [7, 11) is 2.17. The van der Waals surface area contributed by atoms with E-state index in [1.54, 1.807) is 5.56 Å². The van der Waals surface area contributed by atoms with E-state index in [9.17, 15) is 0 Å². The molecular weight excluding hydrogens is 266 g/mol. The van der Waals surface area contributed by atoms with E-state index in [0.717, 1.165) is 5.92 Å². The van der Waals surface area contributed by atoms with Crippen molar-refractivity contribution in [1.82, 2.24) is 0 Å². The molecule has 1 aromatic heterocycles. The predicted octanol–water partition coefficient (Wildman–Crippen LogP) is 5.15. The van der Waals surface area contributed by atoms with Gasteiger partial charge in [0.05, 0.1) is 0 Å². The van der Waals surface area contributed by atoms with Crippen LogP contribution >= 0.6 is 0 Å². The average molecular weight is 294 g/mol. The zero-order valence-corrected chi connectivity index (χ0v) is 14.4. The maximum atomic E-state index is 2.43. The summed E-state index contributed by atoms with van der Waals surface area (Å²) in [5, 5.41) is 0. The molecule has 1 aromatic carbocycles. The molecule has 116 valence electrons. The van der Waals surface area contributed by atoms with Crippen molar-refractivity contribution < 1.29 is 4.57 Å². The van der Waals surface area contributed by atoms with Crippen molar-refractivity contribution in [1.29, 1.82) is 0 Å². The fraction of sp³-hybridized carbons (Fsp3) is 0.476. The van der Waals surface area contributed by atoms with Crippen LogP contribution in [0.1, 0.15) is 60.4 Å². The van der Waals surface area contributed by atoms with Crippen molar-refractivity contribution >= 4 is 0 Å². The molecule has 0 saturated heterocycles. The SMILES string of the molecule is Cc1cc(C2CCCCC2)ccc1-c1ccc(C)c(C)[n+]1C. The van der Waals surface area contributed by atoms with Gasteiger partial charge in [-0.15, -0.1) is 0 Å². The third-order valence-corrected chi connectivity index (χ3v) is 5.53. The minimum Gasteiger partial charge on any atom is -0.198 e. The van der Waals surface area contributed by atoms with Crippen LogP contribution in [0.4, 0.5) is 0 Å². The van der Waals surface area contributed by atoms with Crippen LogP contribution in [0.5, 0.6) is 0 Å². The quantitative estimate of drug-likeness (QED) is 0.674. The summed E-state index contributed by atoms with van der Waals surface area (Å²) in [5.74, 6) is 0.787. The van der Waals surface area contributed by atoms with Gasteiger partial charge in [-0.2, -0.15) is 4.57 Å². The Bertz CT molecular complexity index is 679. The standard InChI is InChI=1S/C21H28N/c1-15-10-13-21(22(4)17(15)3)20-12-11-19(14-16(20)2)18-8-6-5-7-9-18/h10-14,18H,5-9H2,1-4H3/q+1. The van der Waals surface area contributed by atoms with E-state index in [2.05, 4.69) is 62.7 Å². The van der Waals surface area contributed by atoms with Crippen molar-refractivity contribution in [2.24, 2.45) is 7.05 Å². The first-order valence-corrected chi connectivity index (χ1v) is 8.65. The minimum absolute atomic E-state index is 0.787. The first kappa shape index (κ1) is 15.3. The van der Waals surface area contributed by atoms with Crippen LogP contribution < -0.4 is 4.57 Å². The van der Waals surface area contributed by atoms with Gasteiger partial charge >= 0.3 is 0 Å². The molecule has 1 fully saturated rings. The second-order valence-corrected chi connectivity index (χ2v) is 6.96. The molecule has 0 radical (unpaired) electrons. The topological polar surface area (TPSA) is 3.88 Å². The first-order valence-electron chi connectivity index (χ1n) is 8.65. The average Bonchev–Trinajstić information content (AvgIpc) is 2.54. The summed E-state index contributed by atoms with van der Waals surface area (Å²) in [6.45, 7) is 6.64. The highest BCUT2D eigenvalue weighted by Crippen LogP contribution is 2.34. The molecule has 0 bridgehead atoms. The molecule has 0 spiro atoms. The molecule has 0 N–H and O–H groups in total. The summed E-state index contributed by atoms with van der Waals surface area (Å²) in [5.41, 5.74) is 8.33. The van der Waals surface area contributed by atoms with E-state index in [4.69, 9.17) is 0 Å². The Morgan fingerprint density at radius 3 is 2.27 bits per heavy atom. The van der Waals surface area contributed by atoms with Gasteiger partial charge in [-0.25, -0.2) is 0 Å². The minimum atomic E-state index is 0.787. The normalized spacial score (nSPS) is 16.0. The highest BCUT2D eigenvalue weighted by atomic mass is 14.9. The Hall–Kier alpha value is -1.63. The van der Waals surface area contributed by atoms with Crippen molar-refractivity contribution in [2.75, 3.05) is 0 Å². The third-order valence-electron chi connectivity index (χ3n) is 5.53. The Morgan fingerprint density at radius 1 is 0.864 bits per heavy atom. The van der Waals surface area contributed by atoms with Crippen LogP contribution in [-0.2, 0) is 7.05 Å². The van der Waals surface area contributed by atoms with E-state index >= 15 is 0 Å². The molecule has 0 aliphatic heterocycles. The van der Waals surface area contributed by atoms with Gasteiger partial charge in [0.2, 0.25) is 5.69 Å². The highest BCUT2D eigenvalue weighted by molar-refractivity contribution is 5.62. The molecule has 1 heterocycles. The molecular formula is C21H28N+. The van der Waals surface area contributed by atoms with Crippen LogP contribution in [0.15, 0.2) is 30.3 Å². The Labute approximate surface area is 135 Å². The summed E-state index contributed by atoms with van der Waals surface area (Å²) >= 11 is 0. The van der Waals surface area contributed by atoms with Gasteiger partial charge in [-0.1, -0.05) is 31.4 Å². The molecule has 0 amide bonds. The van der Waals surface area contributed by atoms with Crippen LogP contribution in [0.2, 0.25) is 0 Å². The van der Waals surface area contributed by atoms with Crippen molar-refractivity contribution in [2.45, 2.75) is 58.8 Å². The van der Waals surface area contributed by atoms with Crippen LogP contribution in [0, 0.1) is 20.8 Å². The number of nitrogens with zero attached hydrogens (tertiary/aromatic N) is 1. The second-order valence-electron chi connectivity index (χ2n) is 6.96.